The molecule has 0 unspecified atom stereocenters. The summed E-state index contributed by atoms with van der Waals surface area (Å²) in [6.45, 7) is 3.92. The second kappa shape index (κ2) is 7.87. The van der Waals surface area contributed by atoms with Crippen molar-refractivity contribution in [2.24, 2.45) is 0 Å². The highest BCUT2D eigenvalue weighted by atomic mass is 32.2. The molecule has 0 saturated carbocycles. The molecule has 7 heteroatoms. The molecule has 0 atom stereocenters. The summed E-state index contributed by atoms with van der Waals surface area (Å²) in [5.41, 5.74) is 3.54. The van der Waals surface area contributed by atoms with E-state index in [1.807, 2.05) is 37.3 Å². The molecule has 158 valence electrons. The predicted molar refractivity (Wildman–Crippen MR) is 119 cm³/mol. The first-order valence-corrected chi connectivity index (χ1v) is 12.1. The SMILES string of the molecule is CC(=O)c1c(-c2ccc(C)cc2)oc2nc3c(cc12)CCCCCCN3S(C)(=O)=O. The number of sulfonamides is 1. The number of rotatable bonds is 3. The van der Waals surface area contributed by atoms with E-state index in [0.717, 1.165) is 42.4 Å². The third kappa shape index (κ3) is 3.86. The van der Waals surface area contributed by atoms with Crippen LogP contribution >= 0.6 is 0 Å². The molecule has 4 rings (SSSR count). The number of aryl methyl sites for hydroxylation is 2. The van der Waals surface area contributed by atoms with Gasteiger partial charge >= 0.3 is 0 Å². The van der Waals surface area contributed by atoms with Crippen molar-refractivity contribution < 1.29 is 17.6 Å². The third-order valence-corrected chi connectivity index (χ3v) is 6.75. The number of carbonyl (C=O) groups excluding carboxylic acids is 1. The first-order valence-electron chi connectivity index (χ1n) is 10.3. The van der Waals surface area contributed by atoms with Crippen LogP contribution in [0, 0.1) is 6.92 Å². The molecule has 0 aliphatic carbocycles. The molecule has 0 fully saturated rings. The molecule has 1 aromatic carbocycles. The van der Waals surface area contributed by atoms with E-state index in [9.17, 15) is 13.2 Å². The molecule has 0 bridgehead atoms. The second-order valence-corrected chi connectivity index (χ2v) is 9.96. The predicted octanol–water partition coefficient (Wildman–Crippen LogP) is 4.89. The summed E-state index contributed by atoms with van der Waals surface area (Å²) in [4.78, 5) is 17.2. The zero-order chi connectivity index (χ0) is 21.5. The van der Waals surface area contributed by atoms with E-state index in [-0.39, 0.29) is 5.78 Å². The van der Waals surface area contributed by atoms with Gasteiger partial charge in [0.25, 0.3) is 0 Å². The Bertz CT molecular complexity index is 1210. The van der Waals surface area contributed by atoms with Crippen molar-refractivity contribution in [3.8, 4) is 11.3 Å². The maximum atomic E-state index is 12.6. The van der Waals surface area contributed by atoms with E-state index < -0.39 is 10.0 Å². The van der Waals surface area contributed by atoms with Crippen LogP contribution in [0.4, 0.5) is 5.82 Å². The molecule has 0 spiro atoms. The topological polar surface area (TPSA) is 80.5 Å². The van der Waals surface area contributed by atoms with Crippen molar-refractivity contribution in [3.05, 3.63) is 47.0 Å². The Morgan fingerprint density at radius 2 is 1.80 bits per heavy atom. The van der Waals surface area contributed by atoms with Crippen molar-refractivity contribution in [3.63, 3.8) is 0 Å². The number of ketones is 1. The Labute approximate surface area is 177 Å². The van der Waals surface area contributed by atoms with Crippen molar-refractivity contribution in [1.29, 1.82) is 0 Å². The third-order valence-electron chi connectivity index (χ3n) is 5.60. The van der Waals surface area contributed by atoms with Crippen LogP contribution in [0.15, 0.2) is 34.7 Å². The smallest absolute Gasteiger partial charge is 0.233 e. The molecule has 2 aromatic heterocycles. The summed E-state index contributed by atoms with van der Waals surface area (Å²) in [6, 6.07) is 9.67. The molecule has 3 aromatic rings. The normalized spacial score (nSPS) is 15.4. The molecule has 0 N–H and O–H groups in total. The molecule has 3 heterocycles. The van der Waals surface area contributed by atoms with E-state index in [0.29, 0.717) is 41.2 Å². The van der Waals surface area contributed by atoms with Gasteiger partial charge < -0.3 is 4.42 Å². The number of benzene rings is 1. The van der Waals surface area contributed by atoms with Crippen LogP contribution in [0.2, 0.25) is 0 Å². The van der Waals surface area contributed by atoms with Gasteiger partial charge in [-0.2, -0.15) is 4.98 Å². The average molecular weight is 427 g/mol. The standard InChI is InChI=1S/C23H26N2O4S/c1-15-9-11-17(12-10-15)21-20(16(2)26)19-14-18-8-6-4-5-7-13-25(30(3,27)28)22(18)24-23(19)29-21/h9-12,14H,4-8,13H2,1-3H3. The average Bonchev–Trinajstić information content (AvgIpc) is 3.08. The van der Waals surface area contributed by atoms with Gasteiger partial charge in [-0.05, 0) is 44.7 Å². The van der Waals surface area contributed by atoms with Gasteiger partial charge in [-0.1, -0.05) is 42.7 Å². The Morgan fingerprint density at radius 3 is 2.47 bits per heavy atom. The van der Waals surface area contributed by atoms with Crippen LogP contribution in [0.3, 0.4) is 0 Å². The summed E-state index contributed by atoms with van der Waals surface area (Å²) >= 11 is 0. The van der Waals surface area contributed by atoms with Gasteiger partial charge in [0, 0.05) is 12.1 Å². The van der Waals surface area contributed by atoms with Crippen molar-refractivity contribution in [1.82, 2.24) is 4.98 Å². The fraction of sp³-hybridized carbons (Fsp3) is 0.391. The Hall–Kier alpha value is -2.67. The second-order valence-electron chi connectivity index (χ2n) is 8.05. The number of carbonyl (C=O) groups is 1. The van der Waals surface area contributed by atoms with Gasteiger partial charge in [0.05, 0.1) is 17.2 Å². The maximum absolute atomic E-state index is 12.6. The number of nitrogens with zero attached hydrogens (tertiary/aromatic N) is 2. The van der Waals surface area contributed by atoms with Crippen LogP contribution in [0.5, 0.6) is 0 Å². The largest absolute Gasteiger partial charge is 0.437 e. The van der Waals surface area contributed by atoms with E-state index in [2.05, 4.69) is 4.98 Å². The summed E-state index contributed by atoms with van der Waals surface area (Å²) in [5.74, 6) is 0.798. The number of pyridine rings is 1. The Morgan fingerprint density at radius 1 is 1.10 bits per heavy atom. The van der Waals surface area contributed by atoms with Crippen LogP contribution in [-0.2, 0) is 16.4 Å². The quantitative estimate of drug-likeness (QED) is 0.557. The lowest BCUT2D eigenvalue weighted by Crippen LogP contribution is -2.32. The van der Waals surface area contributed by atoms with Crippen molar-refractivity contribution >= 4 is 32.7 Å². The Balaban J connectivity index is 1.98. The number of aromatic nitrogens is 1. The maximum Gasteiger partial charge on any atom is 0.233 e. The van der Waals surface area contributed by atoms with Crippen LogP contribution < -0.4 is 4.31 Å². The van der Waals surface area contributed by atoms with E-state index in [1.54, 1.807) is 0 Å². The van der Waals surface area contributed by atoms with Gasteiger partial charge in [0.1, 0.15) is 11.6 Å². The van der Waals surface area contributed by atoms with Crippen molar-refractivity contribution in [2.45, 2.75) is 46.0 Å². The van der Waals surface area contributed by atoms with Crippen LogP contribution in [-0.4, -0.2) is 32.0 Å². The summed E-state index contributed by atoms with van der Waals surface area (Å²) in [7, 11) is -3.48. The zero-order valence-electron chi connectivity index (χ0n) is 17.6. The van der Waals surface area contributed by atoms with Gasteiger partial charge in [-0.15, -0.1) is 0 Å². The van der Waals surface area contributed by atoms with Gasteiger partial charge in [-0.25, -0.2) is 8.42 Å². The lowest BCUT2D eigenvalue weighted by molar-refractivity contribution is 0.101. The van der Waals surface area contributed by atoms with Crippen LogP contribution in [0.25, 0.3) is 22.4 Å². The minimum Gasteiger partial charge on any atom is -0.437 e. The minimum atomic E-state index is -3.48. The highest BCUT2D eigenvalue weighted by Gasteiger charge is 2.27. The van der Waals surface area contributed by atoms with Gasteiger partial charge in [0.2, 0.25) is 15.7 Å². The fourth-order valence-electron chi connectivity index (χ4n) is 4.07. The number of furan rings is 1. The zero-order valence-corrected chi connectivity index (χ0v) is 18.4. The summed E-state index contributed by atoms with van der Waals surface area (Å²) in [5, 5.41) is 0.643. The van der Waals surface area contributed by atoms with Gasteiger partial charge in [0.15, 0.2) is 5.78 Å². The number of fused-ring (bicyclic) bond motifs is 2. The summed E-state index contributed by atoms with van der Waals surface area (Å²) < 4.78 is 32.4. The number of anilines is 1. The fourth-order valence-corrected chi connectivity index (χ4v) is 5.00. The monoisotopic (exact) mass is 426 g/mol. The van der Waals surface area contributed by atoms with E-state index in [1.165, 1.54) is 17.5 Å². The number of hydrogen-bond acceptors (Lipinski definition) is 5. The molecule has 0 amide bonds. The molecule has 0 saturated heterocycles. The highest BCUT2D eigenvalue weighted by Crippen LogP contribution is 2.37. The molecule has 1 aliphatic heterocycles. The lowest BCUT2D eigenvalue weighted by atomic mass is 10.0. The lowest BCUT2D eigenvalue weighted by Gasteiger charge is -2.22. The van der Waals surface area contributed by atoms with E-state index >= 15 is 0 Å². The first kappa shape index (κ1) is 20.6. The molecule has 0 radical (unpaired) electrons. The summed E-state index contributed by atoms with van der Waals surface area (Å²) in [6.07, 6.45) is 5.68. The van der Waals surface area contributed by atoms with Crippen molar-refractivity contribution in [2.75, 3.05) is 17.1 Å². The molecular weight excluding hydrogens is 400 g/mol. The van der Waals surface area contributed by atoms with E-state index in [4.69, 9.17) is 4.42 Å². The molecule has 6 nitrogen and oxygen atoms in total. The molecule has 1 aliphatic rings. The van der Waals surface area contributed by atoms with Gasteiger partial charge in [-0.3, -0.25) is 9.10 Å². The number of Topliss-reactive ketones (excluding diaryl/α,β-unsaturated/α-hetero) is 1. The molecule has 30 heavy (non-hydrogen) atoms. The first-order chi connectivity index (χ1) is 14.3. The molecular formula is C23H26N2O4S. The number of hydrogen-bond donors (Lipinski definition) is 0. The highest BCUT2D eigenvalue weighted by molar-refractivity contribution is 7.92. The minimum absolute atomic E-state index is 0.103. The Kier molecular flexibility index (Phi) is 5.40. The van der Waals surface area contributed by atoms with Crippen LogP contribution in [0.1, 0.15) is 54.1 Å².